The molecule has 0 atom stereocenters. The number of nitrogens with one attached hydrogen (secondary N) is 1. The standard InChI is InChI=1S/C14H11F3N2O4S/c15-14(16,17)24(22,23)10-5-3-9(4-6-10)19-13(21)11(7-18)12(20)8-1-2-8/h3-6,8,20H,1-2H2,(H,19,21). The first-order chi connectivity index (χ1) is 11.1. The van der Waals surface area contributed by atoms with Crippen molar-refractivity contribution in [2.24, 2.45) is 5.92 Å². The minimum Gasteiger partial charge on any atom is -0.510 e. The van der Waals surface area contributed by atoms with E-state index in [0.717, 1.165) is 12.1 Å². The highest BCUT2D eigenvalue weighted by atomic mass is 32.2. The van der Waals surface area contributed by atoms with Gasteiger partial charge in [-0.05, 0) is 37.1 Å². The van der Waals surface area contributed by atoms with Crippen LogP contribution in [0.15, 0.2) is 40.5 Å². The molecule has 0 spiro atoms. The van der Waals surface area contributed by atoms with Gasteiger partial charge < -0.3 is 10.4 Å². The van der Waals surface area contributed by atoms with Gasteiger partial charge in [-0.15, -0.1) is 0 Å². The number of hydrogen-bond acceptors (Lipinski definition) is 5. The zero-order chi connectivity index (χ0) is 18.1. The summed E-state index contributed by atoms with van der Waals surface area (Å²) in [5.74, 6) is -1.48. The van der Waals surface area contributed by atoms with Crippen molar-refractivity contribution in [3.8, 4) is 6.07 Å². The largest absolute Gasteiger partial charge is 0.510 e. The number of carbonyl (C=O) groups excluding carboxylic acids is 1. The molecule has 2 N–H and O–H groups in total. The smallest absolute Gasteiger partial charge is 0.501 e. The highest BCUT2D eigenvalue weighted by Gasteiger charge is 2.46. The third kappa shape index (κ3) is 3.51. The third-order valence-corrected chi connectivity index (χ3v) is 4.79. The van der Waals surface area contributed by atoms with Gasteiger partial charge in [-0.2, -0.15) is 18.4 Å². The van der Waals surface area contributed by atoms with E-state index in [0.29, 0.717) is 25.0 Å². The number of anilines is 1. The highest BCUT2D eigenvalue weighted by Crippen LogP contribution is 2.36. The number of benzene rings is 1. The van der Waals surface area contributed by atoms with Crippen LogP contribution < -0.4 is 5.32 Å². The van der Waals surface area contributed by atoms with Crippen LogP contribution in [0.25, 0.3) is 0 Å². The minimum atomic E-state index is -5.47. The Labute approximate surface area is 135 Å². The molecular weight excluding hydrogens is 349 g/mol. The van der Waals surface area contributed by atoms with E-state index < -0.39 is 31.7 Å². The summed E-state index contributed by atoms with van der Waals surface area (Å²) < 4.78 is 59.7. The summed E-state index contributed by atoms with van der Waals surface area (Å²) in [5.41, 5.74) is -5.92. The summed E-state index contributed by atoms with van der Waals surface area (Å²) in [6.07, 6.45) is 1.32. The molecule has 1 aromatic rings. The van der Waals surface area contributed by atoms with Crippen LogP contribution >= 0.6 is 0 Å². The predicted octanol–water partition coefficient (Wildman–Crippen LogP) is 2.66. The molecule has 0 bridgehead atoms. The SMILES string of the molecule is N#CC(C(=O)Nc1ccc(S(=O)(=O)C(F)(F)F)cc1)=C(O)C1CC1. The first-order valence-corrected chi connectivity index (χ1v) is 8.12. The number of aliphatic hydroxyl groups is 1. The summed E-state index contributed by atoms with van der Waals surface area (Å²) in [7, 11) is -5.47. The van der Waals surface area contributed by atoms with E-state index in [2.05, 4.69) is 5.32 Å². The Balaban J connectivity index is 2.19. The molecule has 0 saturated heterocycles. The maximum atomic E-state index is 12.4. The molecule has 0 unspecified atom stereocenters. The Kier molecular flexibility index (Phi) is 4.57. The fourth-order valence-electron chi connectivity index (χ4n) is 1.83. The van der Waals surface area contributed by atoms with Crippen LogP contribution in [0.5, 0.6) is 0 Å². The molecule has 0 radical (unpaired) electrons. The van der Waals surface area contributed by atoms with Crippen LogP contribution in [-0.4, -0.2) is 24.9 Å². The summed E-state index contributed by atoms with van der Waals surface area (Å²) in [6.45, 7) is 0. The number of nitriles is 1. The van der Waals surface area contributed by atoms with E-state index in [1.807, 2.05) is 0 Å². The molecule has 10 heteroatoms. The maximum Gasteiger partial charge on any atom is 0.501 e. The number of nitrogens with zero attached hydrogens (tertiary/aromatic N) is 1. The van der Waals surface area contributed by atoms with Crippen LogP contribution in [-0.2, 0) is 14.6 Å². The Morgan fingerprint density at radius 2 is 1.79 bits per heavy atom. The number of carbonyl (C=O) groups is 1. The second-order valence-electron chi connectivity index (χ2n) is 5.07. The second kappa shape index (κ2) is 6.16. The van der Waals surface area contributed by atoms with Crippen LogP contribution in [0.3, 0.4) is 0 Å². The number of halogens is 3. The molecule has 0 heterocycles. The Hall–Kier alpha value is -2.54. The highest BCUT2D eigenvalue weighted by molar-refractivity contribution is 7.92. The van der Waals surface area contributed by atoms with Crippen LogP contribution in [0.1, 0.15) is 12.8 Å². The normalized spacial score (nSPS) is 16.1. The molecular formula is C14H11F3N2O4S. The topological polar surface area (TPSA) is 107 Å². The molecule has 2 rings (SSSR count). The number of hydrogen-bond donors (Lipinski definition) is 2. The first-order valence-electron chi connectivity index (χ1n) is 6.64. The maximum absolute atomic E-state index is 12.4. The lowest BCUT2D eigenvalue weighted by Crippen LogP contribution is -2.23. The van der Waals surface area contributed by atoms with Crippen molar-refractivity contribution in [3.05, 3.63) is 35.6 Å². The van der Waals surface area contributed by atoms with Crippen molar-refractivity contribution in [2.75, 3.05) is 5.32 Å². The average Bonchev–Trinajstić information content (AvgIpc) is 3.31. The molecule has 1 aliphatic rings. The Morgan fingerprint density at radius 3 is 2.21 bits per heavy atom. The van der Waals surface area contributed by atoms with Crippen molar-refractivity contribution >= 4 is 21.4 Å². The number of allylic oxidation sites excluding steroid dienone is 1. The van der Waals surface area contributed by atoms with E-state index in [9.17, 15) is 31.5 Å². The zero-order valence-corrected chi connectivity index (χ0v) is 12.8. The summed E-state index contributed by atoms with van der Waals surface area (Å²) in [6, 6.07) is 4.87. The van der Waals surface area contributed by atoms with Gasteiger partial charge >= 0.3 is 5.51 Å². The van der Waals surface area contributed by atoms with Crippen molar-refractivity contribution in [2.45, 2.75) is 23.2 Å². The fourth-order valence-corrected chi connectivity index (χ4v) is 2.59. The number of alkyl halides is 3. The van der Waals surface area contributed by atoms with Crippen LogP contribution in [0.2, 0.25) is 0 Å². The molecule has 1 saturated carbocycles. The minimum absolute atomic E-state index is 0.0162. The van der Waals surface area contributed by atoms with Gasteiger partial charge in [0.25, 0.3) is 15.7 Å². The molecule has 1 aliphatic carbocycles. The molecule has 1 aromatic carbocycles. The van der Waals surface area contributed by atoms with Gasteiger partial charge in [0, 0.05) is 11.6 Å². The van der Waals surface area contributed by atoms with Crippen LogP contribution in [0, 0.1) is 17.2 Å². The van der Waals surface area contributed by atoms with E-state index in [1.165, 1.54) is 0 Å². The molecule has 6 nitrogen and oxygen atoms in total. The summed E-state index contributed by atoms with van der Waals surface area (Å²) >= 11 is 0. The lowest BCUT2D eigenvalue weighted by atomic mass is 10.1. The van der Waals surface area contributed by atoms with E-state index in [4.69, 9.17) is 5.26 Å². The fraction of sp³-hybridized carbons (Fsp3) is 0.286. The summed E-state index contributed by atoms with van der Waals surface area (Å²) in [4.78, 5) is 10.9. The lowest BCUT2D eigenvalue weighted by Gasteiger charge is -2.09. The average molecular weight is 360 g/mol. The summed E-state index contributed by atoms with van der Waals surface area (Å²) in [5, 5.41) is 20.9. The van der Waals surface area contributed by atoms with E-state index in [1.54, 1.807) is 6.07 Å². The second-order valence-corrected chi connectivity index (χ2v) is 7.02. The molecule has 1 amide bonds. The van der Waals surface area contributed by atoms with Gasteiger partial charge in [0.2, 0.25) is 0 Å². The van der Waals surface area contributed by atoms with Gasteiger partial charge in [-0.25, -0.2) is 8.42 Å². The first kappa shape index (κ1) is 17.8. The Bertz CT molecular complexity index is 832. The molecule has 128 valence electrons. The molecule has 0 aliphatic heterocycles. The molecule has 1 fully saturated rings. The van der Waals surface area contributed by atoms with Crippen molar-refractivity contribution < 1.29 is 31.5 Å². The van der Waals surface area contributed by atoms with Crippen molar-refractivity contribution in [1.82, 2.24) is 0 Å². The molecule has 0 aromatic heterocycles. The quantitative estimate of drug-likeness (QED) is 0.488. The zero-order valence-electron chi connectivity index (χ0n) is 12.0. The number of sulfone groups is 1. The monoisotopic (exact) mass is 360 g/mol. The number of amides is 1. The van der Waals surface area contributed by atoms with Gasteiger partial charge in [0.1, 0.15) is 11.8 Å². The van der Waals surface area contributed by atoms with E-state index in [-0.39, 0.29) is 17.4 Å². The number of aliphatic hydroxyl groups excluding tert-OH is 1. The van der Waals surface area contributed by atoms with Gasteiger partial charge in [-0.3, -0.25) is 4.79 Å². The third-order valence-electron chi connectivity index (χ3n) is 3.29. The predicted molar refractivity (Wildman–Crippen MR) is 76.3 cm³/mol. The van der Waals surface area contributed by atoms with Crippen molar-refractivity contribution in [1.29, 1.82) is 5.26 Å². The van der Waals surface area contributed by atoms with Gasteiger partial charge in [0.15, 0.2) is 5.57 Å². The Morgan fingerprint density at radius 1 is 1.25 bits per heavy atom. The molecule has 24 heavy (non-hydrogen) atoms. The van der Waals surface area contributed by atoms with Gasteiger partial charge in [-0.1, -0.05) is 0 Å². The van der Waals surface area contributed by atoms with Gasteiger partial charge in [0.05, 0.1) is 4.90 Å². The van der Waals surface area contributed by atoms with Crippen molar-refractivity contribution in [3.63, 3.8) is 0 Å². The van der Waals surface area contributed by atoms with E-state index >= 15 is 0 Å². The number of rotatable bonds is 4. The lowest BCUT2D eigenvalue weighted by molar-refractivity contribution is -0.112. The van der Waals surface area contributed by atoms with Crippen LogP contribution in [0.4, 0.5) is 18.9 Å².